The van der Waals surface area contributed by atoms with Gasteiger partial charge in [0.05, 0.1) is 5.52 Å². The molecule has 0 saturated carbocycles. The minimum Gasteiger partial charge on any atom is -0.417 e. The van der Waals surface area contributed by atoms with Gasteiger partial charge in [-0.05, 0) is 49.7 Å². The molecule has 2 aromatic rings. The maximum atomic E-state index is 14.7. The van der Waals surface area contributed by atoms with E-state index >= 15 is 0 Å². The molecule has 1 unspecified atom stereocenters. The van der Waals surface area contributed by atoms with Crippen molar-refractivity contribution in [3.63, 3.8) is 0 Å². The van der Waals surface area contributed by atoms with E-state index < -0.39 is 24.2 Å². The zero-order valence-corrected chi connectivity index (χ0v) is 29.9. The maximum Gasteiger partial charge on any atom is 0.246 e. The molecule has 2 saturated heterocycles. The largest absolute Gasteiger partial charge is 0.417 e. The topological polar surface area (TPSA) is 112 Å². The van der Waals surface area contributed by atoms with Crippen molar-refractivity contribution >= 4 is 40.3 Å². The summed E-state index contributed by atoms with van der Waals surface area (Å²) >= 11 is 0. The molecule has 0 aliphatic carbocycles. The Labute approximate surface area is 285 Å². The molecule has 5 atom stereocenters. The van der Waals surface area contributed by atoms with Crippen LogP contribution in [0.25, 0.3) is 10.9 Å². The minimum absolute atomic E-state index is 0.172. The summed E-state index contributed by atoms with van der Waals surface area (Å²) in [5.41, 5.74) is 1.67. The van der Waals surface area contributed by atoms with Gasteiger partial charge >= 0.3 is 0 Å². The second kappa shape index (κ2) is 16.5. The number of ketones is 1. The van der Waals surface area contributed by atoms with Gasteiger partial charge in [-0.1, -0.05) is 58.2 Å². The number of carbonyl (C=O) groups is 5. The third-order valence-corrected chi connectivity index (χ3v) is 10.7. The second-order valence-electron chi connectivity index (χ2n) is 13.6. The number of hydrogen-bond donors (Lipinski definition) is 0. The molecule has 2 fully saturated rings. The molecule has 0 radical (unpaired) electrons. The van der Waals surface area contributed by atoms with Crippen molar-refractivity contribution in [2.75, 3.05) is 34.8 Å². The zero-order chi connectivity index (χ0) is 35.1. The van der Waals surface area contributed by atoms with Crippen LogP contribution < -0.4 is 4.84 Å². The molecular weight excluding hydrogens is 610 g/mol. The summed E-state index contributed by atoms with van der Waals surface area (Å²) in [7, 11) is 6.53. The number of aromatic nitrogens is 1. The highest BCUT2D eigenvalue weighted by Crippen LogP contribution is 2.29. The van der Waals surface area contributed by atoms with Crippen molar-refractivity contribution in [3.05, 3.63) is 36.0 Å². The molecular formula is C37H55N5O6. The Morgan fingerprint density at radius 3 is 2.25 bits per heavy atom. The molecule has 0 spiro atoms. The molecule has 2 aliphatic rings. The molecule has 2 aliphatic heterocycles. The summed E-state index contributed by atoms with van der Waals surface area (Å²) in [5.74, 6) is -1.05. The lowest BCUT2D eigenvalue weighted by Gasteiger charge is -2.45. The number of amides is 4. The molecule has 3 heterocycles. The Kier molecular flexibility index (Phi) is 12.7. The Morgan fingerprint density at radius 2 is 1.56 bits per heavy atom. The van der Waals surface area contributed by atoms with E-state index in [4.69, 9.17) is 4.84 Å². The molecule has 0 bridgehead atoms. The Bertz CT molecular complexity index is 1470. The number of rotatable bonds is 12. The molecule has 1 aromatic carbocycles. The quantitative estimate of drug-likeness (QED) is 0.316. The van der Waals surface area contributed by atoms with Gasteiger partial charge in [0, 0.05) is 58.5 Å². The van der Waals surface area contributed by atoms with Crippen molar-refractivity contribution in [2.45, 2.75) is 116 Å². The summed E-state index contributed by atoms with van der Waals surface area (Å²) in [5, 5.41) is 0.901. The Hall–Kier alpha value is -3.89. The van der Waals surface area contributed by atoms with Crippen LogP contribution in [0, 0.1) is 5.92 Å². The number of Topliss-reactive ketones (excluding diaryl/α,β-unsaturated/α-hetero) is 1. The van der Waals surface area contributed by atoms with Gasteiger partial charge in [-0.25, -0.2) is 0 Å². The fourth-order valence-corrected chi connectivity index (χ4v) is 7.41. The van der Waals surface area contributed by atoms with Crippen LogP contribution >= 0.6 is 0 Å². The number of para-hydroxylation sites is 1. The second-order valence-corrected chi connectivity index (χ2v) is 13.6. The summed E-state index contributed by atoms with van der Waals surface area (Å²) in [6, 6.07) is 4.50. The lowest BCUT2D eigenvalue weighted by Crippen LogP contribution is -2.64. The molecule has 0 N–H and O–H groups in total. The molecule has 4 rings (SSSR count). The fraction of sp³-hybridized carbons (Fsp3) is 0.649. The average Bonchev–Trinajstić information content (AvgIpc) is 3.47. The number of benzene rings is 1. The zero-order valence-electron chi connectivity index (χ0n) is 29.9. The van der Waals surface area contributed by atoms with Crippen molar-refractivity contribution in [1.29, 1.82) is 0 Å². The first-order chi connectivity index (χ1) is 23.0. The molecule has 1 aromatic heterocycles. The first kappa shape index (κ1) is 36.9. The highest BCUT2D eigenvalue weighted by atomic mass is 16.6. The minimum atomic E-state index is -0.942. The standard InChI is InChI=1S/C37H55N5O6/c1-8-25(3)33-37(47)41-22-16-15-21-31(41)35(45)38(4)30(20-12-10-11-17-27(43)9-2)34(44)39(5)32(36(46)40(33)6)23-26-24-42(48-7)29-19-14-13-18-28(26)29/h13-14,18-19,24-25,30-33H,8-12,15-17,20-23H2,1-7H3/t25?,30-,31+,32-,33-/m0/s1. The van der Waals surface area contributed by atoms with E-state index in [9.17, 15) is 24.0 Å². The first-order valence-corrected chi connectivity index (χ1v) is 17.7. The predicted molar refractivity (Wildman–Crippen MR) is 185 cm³/mol. The number of fused-ring (bicyclic) bond motifs is 2. The molecule has 11 heteroatoms. The van der Waals surface area contributed by atoms with Crippen LogP contribution in [0.15, 0.2) is 30.5 Å². The van der Waals surface area contributed by atoms with Crippen LogP contribution in [-0.2, 0) is 30.4 Å². The van der Waals surface area contributed by atoms with E-state index in [-0.39, 0.29) is 41.8 Å². The number of hydrogen-bond acceptors (Lipinski definition) is 6. The lowest BCUT2D eigenvalue weighted by molar-refractivity contribution is -0.161. The third kappa shape index (κ3) is 7.70. The highest BCUT2D eigenvalue weighted by Gasteiger charge is 2.46. The number of likely N-dealkylation sites (N-methyl/N-ethyl adjacent to an activating group) is 3. The highest BCUT2D eigenvalue weighted by molar-refractivity contribution is 5.98. The fourth-order valence-electron chi connectivity index (χ4n) is 7.41. The van der Waals surface area contributed by atoms with Crippen LogP contribution in [0.5, 0.6) is 0 Å². The van der Waals surface area contributed by atoms with Crippen LogP contribution in [0.2, 0.25) is 0 Å². The average molecular weight is 666 g/mol. The Balaban J connectivity index is 1.79. The van der Waals surface area contributed by atoms with Gasteiger partial charge in [-0.2, -0.15) is 4.73 Å². The molecule has 4 amide bonds. The molecule has 48 heavy (non-hydrogen) atoms. The van der Waals surface area contributed by atoms with Crippen molar-refractivity contribution in [2.24, 2.45) is 5.92 Å². The smallest absolute Gasteiger partial charge is 0.246 e. The van der Waals surface area contributed by atoms with E-state index in [0.717, 1.165) is 42.1 Å². The SMILES string of the molecule is CCC(=O)CCCCC[C@H]1C(=O)N(C)[C@@H](Cc2cn(OC)c3ccccc23)C(=O)N(C)[C@@H](C(C)CC)C(=O)N2CCCC[C@@H]2C(=O)N1C. The van der Waals surface area contributed by atoms with E-state index in [1.165, 1.54) is 14.7 Å². The third-order valence-electron chi connectivity index (χ3n) is 10.7. The van der Waals surface area contributed by atoms with Crippen molar-refractivity contribution in [1.82, 2.24) is 24.3 Å². The van der Waals surface area contributed by atoms with Gasteiger partial charge in [0.25, 0.3) is 0 Å². The van der Waals surface area contributed by atoms with Crippen LogP contribution in [0.4, 0.5) is 0 Å². The summed E-state index contributed by atoms with van der Waals surface area (Å²) in [4.78, 5) is 81.8. The molecule has 11 nitrogen and oxygen atoms in total. The van der Waals surface area contributed by atoms with E-state index in [1.807, 2.05) is 51.2 Å². The van der Waals surface area contributed by atoms with Crippen LogP contribution in [0.1, 0.15) is 90.5 Å². The normalized spacial score (nSPS) is 23.6. The summed E-state index contributed by atoms with van der Waals surface area (Å²) in [6.45, 7) is 6.25. The number of carbonyl (C=O) groups excluding carboxylic acids is 5. The van der Waals surface area contributed by atoms with E-state index in [2.05, 4.69) is 0 Å². The summed E-state index contributed by atoms with van der Waals surface area (Å²) in [6.07, 6.45) is 8.29. The predicted octanol–water partition coefficient (Wildman–Crippen LogP) is 4.09. The monoisotopic (exact) mass is 665 g/mol. The maximum absolute atomic E-state index is 14.7. The van der Waals surface area contributed by atoms with Gasteiger partial charge in [-0.15, -0.1) is 0 Å². The van der Waals surface area contributed by atoms with Gasteiger partial charge in [-0.3, -0.25) is 24.0 Å². The van der Waals surface area contributed by atoms with Gasteiger partial charge in [0.15, 0.2) is 0 Å². The van der Waals surface area contributed by atoms with Crippen molar-refractivity contribution < 1.29 is 28.8 Å². The van der Waals surface area contributed by atoms with E-state index in [0.29, 0.717) is 45.1 Å². The molecule has 264 valence electrons. The number of unbranched alkanes of at least 4 members (excludes halogenated alkanes) is 2. The Morgan fingerprint density at radius 1 is 0.875 bits per heavy atom. The van der Waals surface area contributed by atoms with E-state index in [1.54, 1.807) is 37.9 Å². The number of piperidine rings is 1. The van der Waals surface area contributed by atoms with Gasteiger partial charge in [0.2, 0.25) is 23.6 Å². The van der Waals surface area contributed by atoms with Crippen molar-refractivity contribution in [3.8, 4) is 0 Å². The lowest BCUT2D eigenvalue weighted by atomic mass is 9.91. The van der Waals surface area contributed by atoms with Gasteiger partial charge < -0.3 is 24.4 Å². The van der Waals surface area contributed by atoms with Crippen LogP contribution in [0.3, 0.4) is 0 Å². The number of nitrogens with zero attached hydrogens (tertiary/aromatic N) is 5. The van der Waals surface area contributed by atoms with Crippen LogP contribution in [-0.4, -0.2) is 113 Å². The summed E-state index contributed by atoms with van der Waals surface area (Å²) < 4.78 is 1.65. The first-order valence-electron chi connectivity index (χ1n) is 17.7. The van der Waals surface area contributed by atoms with Gasteiger partial charge in [0.1, 0.15) is 37.1 Å².